The molecule has 0 aliphatic heterocycles. The fourth-order valence-electron chi connectivity index (χ4n) is 1.44. The van der Waals surface area contributed by atoms with Crippen LogP contribution in [0.2, 0.25) is 0 Å². The number of anilines is 2. The average Bonchev–Trinajstić information content (AvgIpc) is 2.28. The zero-order valence-electron chi connectivity index (χ0n) is 10.7. The summed E-state index contributed by atoms with van der Waals surface area (Å²) >= 11 is 0. The molecule has 1 rings (SSSR count). The molecule has 98 valence electrons. The normalized spacial score (nSPS) is 9.72. The number of nitrogens with one attached hydrogen (secondary N) is 3. The van der Waals surface area contributed by atoms with Gasteiger partial charge in [-0.2, -0.15) is 0 Å². The standard InChI is InChI=1S/C12H17N3O3/c1-8(16)14-9-4-5-11(18-3)10(6-9)15-12(17)7-13-2/h4-6,13H,7H2,1-3H3,(H,14,16)(H,15,17). The maximum absolute atomic E-state index is 11.5. The summed E-state index contributed by atoms with van der Waals surface area (Å²) in [5, 5.41) is 8.09. The van der Waals surface area contributed by atoms with Crippen LogP contribution in [0.4, 0.5) is 11.4 Å². The summed E-state index contributed by atoms with van der Waals surface area (Å²) in [4.78, 5) is 22.5. The number of hydrogen-bond donors (Lipinski definition) is 3. The maximum Gasteiger partial charge on any atom is 0.238 e. The van der Waals surface area contributed by atoms with E-state index in [1.807, 2.05) is 0 Å². The highest BCUT2D eigenvalue weighted by molar-refractivity contribution is 5.95. The van der Waals surface area contributed by atoms with Crippen LogP contribution in [0.1, 0.15) is 6.92 Å². The van der Waals surface area contributed by atoms with E-state index >= 15 is 0 Å². The van der Waals surface area contributed by atoms with E-state index in [4.69, 9.17) is 4.74 Å². The van der Waals surface area contributed by atoms with Gasteiger partial charge in [-0.05, 0) is 25.2 Å². The van der Waals surface area contributed by atoms with Gasteiger partial charge in [-0.15, -0.1) is 0 Å². The number of rotatable bonds is 5. The van der Waals surface area contributed by atoms with Crippen LogP contribution in [-0.4, -0.2) is 32.5 Å². The lowest BCUT2D eigenvalue weighted by atomic mass is 10.2. The second-order valence-corrected chi connectivity index (χ2v) is 3.67. The maximum atomic E-state index is 11.5. The van der Waals surface area contributed by atoms with Gasteiger partial charge in [0.2, 0.25) is 11.8 Å². The van der Waals surface area contributed by atoms with Crippen molar-refractivity contribution in [2.45, 2.75) is 6.92 Å². The molecule has 0 atom stereocenters. The Hall–Kier alpha value is -2.08. The molecule has 3 N–H and O–H groups in total. The number of carbonyl (C=O) groups is 2. The summed E-state index contributed by atoms with van der Waals surface area (Å²) in [6, 6.07) is 5.03. The third kappa shape index (κ3) is 4.06. The molecule has 0 aliphatic carbocycles. The first kappa shape index (κ1) is 14.0. The third-order valence-corrected chi connectivity index (χ3v) is 2.13. The highest BCUT2D eigenvalue weighted by Crippen LogP contribution is 2.27. The number of benzene rings is 1. The summed E-state index contributed by atoms with van der Waals surface area (Å²) in [7, 11) is 3.20. The van der Waals surface area contributed by atoms with Crippen LogP contribution in [0.25, 0.3) is 0 Å². The van der Waals surface area contributed by atoms with Gasteiger partial charge in [-0.1, -0.05) is 0 Å². The molecule has 18 heavy (non-hydrogen) atoms. The fourth-order valence-corrected chi connectivity index (χ4v) is 1.44. The molecule has 2 amide bonds. The van der Waals surface area contributed by atoms with E-state index in [1.165, 1.54) is 14.0 Å². The van der Waals surface area contributed by atoms with E-state index in [2.05, 4.69) is 16.0 Å². The van der Waals surface area contributed by atoms with Crippen LogP contribution < -0.4 is 20.7 Å². The lowest BCUT2D eigenvalue weighted by molar-refractivity contribution is -0.115. The first-order valence-corrected chi connectivity index (χ1v) is 5.47. The van der Waals surface area contributed by atoms with Crippen molar-refractivity contribution in [1.29, 1.82) is 0 Å². The molecule has 0 unspecified atom stereocenters. The number of amides is 2. The molecule has 6 heteroatoms. The largest absolute Gasteiger partial charge is 0.495 e. The molecule has 0 heterocycles. The summed E-state index contributed by atoms with van der Waals surface area (Å²) in [5.41, 5.74) is 1.12. The van der Waals surface area contributed by atoms with Gasteiger partial charge in [0.1, 0.15) is 5.75 Å². The number of hydrogen-bond acceptors (Lipinski definition) is 4. The quantitative estimate of drug-likeness (QED) is 0.723. The van der Waals surface area contributed by atoms with Crippen molar-refractivity contribution in [2.75, 3.05) is 31.3 Å². The smallest absolute Gasteiger partial charge is 0.238 e. The Morgan fingerprint density at radius 2 is 2.00 bits per heavy atom. The Morgan fingerprint density at radius 3 is 2.56 bits per heavy atom. The van der Waals surface area contributed by atoms with Gasteiger partial charge in [0.05, 0.1) is 19.3 Å². The predicted molar refractivity (Wildman–Crippen MR) is 69.9 cm³/mol. The van der Waals surface area contributed by atoms with Crippen molar-refractivity contribution in [3.8, 4) is 5.75 Å². The molecule has 0 radical (unpaired) electrons. The van der Waals surface area contributed by atoms with Crippen LogP contribution in [0.5, 0.6) is 5.75 Å². The molecule has 0 saturated carbocycles. The van der Waals surface area contributed by atoms with Gasteiger partial charge in [-0.3, -0.25) is 9.59 Å². The summed E-state index contributed by atoms with van der Waals surface area (Å²) in [6.07, 6.45) is 0. The summed E-state index contributed by atoms with van der Waals surface area (Å²) < 4.78 is 5.14. The van der Waals surface area contributed by atoms with Crippen molar-refractivity contribution < 1.29 is 14.3 Å². The number of ether oxygens (including phenoxy) is 1. The van der Waals surface area contributed by atoms with Gasteiger partial charge in [0.25, 0.3) is 0 Å². The van der Waals surface area contributed by atoms with Gasteiger partial charge >= 0.3 is 0 Å². The van der Waals surface area contributed by atoms with E-state index in [1.54, 1.807) is 25.2 Å². The van der Waals surface area contributed by atoms with E-state index in [0.717, 1.165) is 0 Å². The zero-order valence-corrected chi connectivity index (χ0v) is 10.7. The molecule has 0 bridgehead atoms. The van der Waals surface area contributed by atoms with Crippen LogP contribution in [-0.2, 0) is 9.59 Å². The zero-order chi connectivity index (χ0) is 13.5. The van der Waals surface area contributed by atoms with Crippen LogP contribution in [0, 0.1) is 0 Å². The minimum atomic E-state index is -0.184. The first-order valence-electron chi connectivity index (χ1n) is 5.47. The van der Waals surface area contributed by atoms with Gasteiger partial charge in [0.15, 0.2) is 0 Å². The van der Waals surface area contributed by atoms with E-state index in [9.17, 15) is 9.59 Å². The van der Waals surface area contributed by atoms with E-state index in [-0.39, 0.29) is 18.4 Å². The average molecular weight is 251 g/mol. The Morgan fingerprint density at radius 1 is 1.28 bits per heavy atom. The molecule has 1 aromatic carbocycles. The molecule has 0 saturated heterocycles. The SMILES string of the molecule is CNCC(=O)Nc1cc(NC(C)=O)ccc1OC. The second-order valence-electron chi connectivity index (χ2n) is 3.67. The van der Waals surface area contributed by atoms with Crippen LogP contribution >= 0.6 is 0 Å². The van der Waals surface area contributed by atoms with Crippen molar-refractivity contribution in [3.63, 3.8) is 0 Å². The van der Waals surface area contributed by atoms with Gasteiger partial charge < -0.3 is 20.7 Å². The lowest BCUT2D eigenvalue weighted by Gasteiger charge is -2.12. The van der Waals surface area contributed by atoms with Gasteiger partial charge in [0, 0.05) is 12.6 Å². The molecule has 1 aromatic rings. The Kier molecular flexibility index (Phi) is 5.13. The molecule has 0 aliphatic rings. The first-order chi connectivity index (χ1) is 8.56. The van der Waals surface area contributed by atoms with Crippen molar-refractivity contribution in [1.82, 2.24) is 5.32 Å². The molecule has 6 nitrogen and oxygen atoms in total. The predicted octanol–water partition coefficient (Wildman–Crippen LogP) is 0.811. The molecule has 0 fully saturated rings. The summed E-state index contributed by atoms with van der Waals surface area (Å²) in [5.74, 6) is 0.178. The highest BCUT2D eigenvalue weighted by Gasteiger charge is 2.08. The fraction of sp³-hybridized carbons (Fsp3) is 0.333. The third-order valence-electron chi connectivity index (χ3n) is 2.13. The minimum Gasteiger partial charge on any atom is -0.495 e. The van der Waals surface area contributed by atoms with Gasteiger partial charge in [-0.25, -0.2) is 0 Å². The highest BCUT2D eigenvalue weighted by atomic mass is 16.5. The Balaban J connectivity index is 2.91. The number of methoxy groups -OCH3 is 1. The van der Waals surface area contributed by atoms with E-state index < -0.39 is 0 Å². The molecular formula is C12H17N3O3. The Bertz CT molecular complexity index is 446. The molecule has 0 aromatic heterocycles. The van der Waals surface area contributed by atoms with E-state index in [0.29, 0.717) is 17.1 Å². The second kappa shape index (κ2) is 6.61. The molecule has 0 spiro atoms. The molecular weight excluding hydrogens is 234 g/mol. The lowest BCUT2D eigenvalue weighted by Crippen LogP contribution is -2.25. The van der Waals surface area contributed by atoms with Crippen molar-refractivity contribution >= 4 is 23.2 Å². The number of carbonyl (C=O) groups excluding carboxylic acids is 2. The minimum absolute atomic E-state index is 0.173. The Labute approximate surface area is 106 Å². The van der Waals surface area contributed by atoms with Crippen molar-refractivity contribution in [2.24, 2.45) is 0 Å². The van der Waals surface area contributed by atoms with Crippen LogP contribution in [0.15, 0.2) is 18.2 Å². The summed E-state index contributed by atoms with van der Waals surface area (Å²) in [6.45, 7) is 1.62. The van der Waals surface area contributed by atoms with Crippen LogP contribution in [0.3, 0.4) is 0 Å². The number of likely N-dealkylation sites (N-methyl/N-ethyl adjacent to an activating group) is 1. The van der Waals surface area contributed by atoms with Crippen molar-refractivity contribution in [3.05, 3.63) is 18.2 Å². The topological polar surface area (TPSA) is 79.5 Å². The monoisotopic (exact) mass is 251 g/mol.